The van der Waals surface area contributed by atoms with Crippen LogP contribution in [0.15, 0.2) is 0 Å². The van der Waals surface area contributed by atoms with E-state index >= 15 is 0 Å². The van der Waals surface area contributed by atoms with E-state index in [0.717, 1.165) is 6.42 Å². The molecular weight excluding hydrogens is 180 g/mol. The van der Waals surface area contributed by atoms with E-state index in [0.29, 0.717) is 0 Å². The van der Waals surface area contributed by atoms with E-state index in [9.17, 15) is 0 Å². The van der Waals surface area contributed by atoms with Crippen molar-refractivity contribution < 1.29 is 16.8 Å². The van der Waals surface area contributed by atoms with Crippen molar-refractivity contribution in [3.63, 3.8) is 0 Å². The summed E-state index contributed by atoms with van der Waals surface area (Å²) < 4.78 is 0. The first-order chi connectivity index (χ1) is 3.77. The molecule has 0 saturated heterocycles. The molecule has 3 heteroatoms. The van der Waals surface area contributed by atoms with Crippen LogP contribution in [-0.2, 0) is 16.8 Å². The van der Waals surface area contributed by atoms with Crippen LogP contribution in [0.1, 0.15) is 32.6 Å². The summed E-state index contributed by atoms with van der Waals surface area (Å²) in [6, 6.07) is 0. The topological polar surface area (TPSA) is 26.0 Å². The molecule has 0 spiro atoms. The number of unbranched alkanes of at least 4 members (excludes halogenated alkanes) is 2. The van der Waals surface area contributed by atoms with Gasteiger partial charge in [0.1, 0.15) is 0 Å². The second kappa shape index (κ2) is 8.76. The second-order valence-corrected chi connectivity index (χ2v) is 2.57. The smallest absolute Gasteiger partial charge is 0.0800 e. The Hall–Kier alpha value is 0.756. The van der Waals surface area contributed by atoms with Gasteiger partial charge < -0.3 is 5.73 Å². The quantitative estimate of drug-likeness (QED) is 0.414. The van der Waals surface area contributed by atoms with Gasteiger partial charge in [-0.15, -0.1) is 11.6 Å². The summed E-state index contributed by atoms with van der Waals surface area (Å²) in [6.07, 6.45) is 4.61. The zero-order valence-electron chi connectivity index (χ0n) is 5.69. The molecular formula is C6H14ClCoN. The Kier molecular flexibility index (Phi) is 12.1. The number of alkyl halides is 1. The minimum Gasteiger partial charge on any atom is -0.315 e. The van der Waals surface area contributed by atoms with Gasteiger partial charge in [0, 0.05) is 16.8 Å². The fourth-order valence-corrected chi connectivity index (χ4v) is 0.744. The molecule has 0 aromatic carbocycles. The van der Waals surface area contributed by atoms with Crippen molar-refractivity contribution in [2.45, 2.75) is 38.1 Å². The van der Waals surface area contributed by atoms with E-state index in [4.69, 9.17) is 17.3 Å². The average Bonchev–Trinajstić information content (AvgIpc) is 1.66. The van der Waals surface area contributed by atoms with Crippen molar-refractivity contribution in [3.8, 4) is 0 Å². The SMILES string of the molecule is CCCCCC(N)Cl.[Co]. The third-order valence-corrected chi connectivity index (χ3v) is 1.30. The van der Waals surface area contributed by atoms with Crippen LogP contribution in [0.2, 0.25) is 0 Å². The van der Waals surface area contributed by atoms with E-state index in [1.54, 1.807) is 0 Å². The summed E-state index contributed by atoms with van der Waals surface area (Å²) in [6.45, 7) is 2.17. The Morgan fingerprint density at radius 2 is 2.00 bits per heavy atom. The molecule has 0 rings (SSSR count). The van der Waals surface area contributed by atoms with Crippen LogP contribution >= 0.6 is 11.6 Å². The minimum atomic E-state index is -0.124. The van der Waals surface area contributed by atoms with Crippen molar-refractivity contribution in [3.05, 3.63) is 0 Å². The predicted octanol–water partition coefficient (Wildman–Crippen LogP) is 2.09. The van der Waals surface area contributed by atoms with Crippen LogP contribution in [0.25, 0.3) is 0 Å². The van der Waals surface area contributed by atoms with Gasteiger partial charge in [-0.25, -0.2) is 0 Å². The Morgan fingerprint density at radius 3 is 2.33 bits per heavy atom. The van der Waals surface area contributed by atoms with Crippen LogP contribution < -0.4 is 5.73 Å². The van der Waals surface area contributed by atoms with Crippen molar-refractivity contribution in [2.24, 2.45) is 5.73 Å². The van der Waals surface area contributed by atoms with E-state index < -0.39 is 0 Å². The van der Waals surface area contributed by atoms with Gasteiger partial charge in [0.15, 0.2) is 0 Å². The summed E-state index contributed by atoms with van der Waals surface area (Å²) >= 11 is 5.49. The van der Waals surface area contributed by atoms with E-state index in [2.05, 4.69) is 6.92 Å². The molecule has 0 fully saturated rings. The molecule has 0 bridgehead atoms. The predicted molar refractivity (Wildman–Crippen MR) is 38.0 cm³/mol. The first-order valence-corrected chi connectivity index (χ1v) is 3.60. The Balaban J connectivity index is 0. The van der Waals surface area contributed by atoms with Gasteiger partial charge in [-0.1, -0.05) is 26.2 Å². The summed E-state index contributed by atoms with van der Waals surface area (Å²) in [5, 5.41) is 0. The minimum absolute atomic E-state index is 0. The molecule has 1 nitrogen and oxygen atoms in total. The van der Waals surface area contributed by atoms with Gasteiger partial charge in [-0.2, -0.15) is 0 Å². The zero-order chi connectivity index (χ0) is 6.41. The summed E-state index contributed by atoms with van der Waals surface area (Å²) in [5.41, 5.74) is 5.18. The molecule has 0 aliphatic heterocycles. The zero-order valence-corrected chi connectivity index (χ0v) is 7.49. The van der Waals surface area contributed by atoms with Gasteiger partial charge >= 0.3 is 0 Å². The first kappa shape index (κ1) is 12.4. The second-order valence-electron chi connectivity index (χ2n) is 2.01. The molecule has 59 valence electrons. The Morgan fingerprint density at radius 1 is 1.44 bits per heavy atom. The monoisotopic (exact) mass is 194 g/mol. The molecule has 0 saturated carbocycles. The van der Waals surface area contributed by atoms with Crippen LogP contribution in [-0.4, -0.2) is 5.50 Å². The number of hydrogen-bond donors (Lipinski definition) is 1. The standard InChI is InChI=1S/C6H14ClN.Co/c1-2-3-4-5-6(7)8;/h6H,2-5,8H2,1H3;. The molecule has 2 N–H and O–H groups in total. The molecule has 9 heavy (non-hydrogen) atoms. The molecule has 0 aromatic heterocycles. The molecule has 0 aromatic rings. The maximum atomic E-state index is 5.49. The fraction of sp³-hybridized carbons (Fsp3) is 1.00. The Bertz CT molecular complexity index is 50.3. The van der Waals surface area contributed by atoms with Gasteiger partial charge in [0.25, 0.3) is 0 Å². The van der Waals surface area contributed by atoms with Crippen LogP contribution in [0, 0.1) is 0 Å². The maximum absolute atomic E-state index is 5.49. The van der Waals surface area contributed by atoms with Crippen LogP contribution in [0.3, 0.4) is 0 Å². The third kappa shape index (κ3) is 12.1. The number of rotatable bonds is 4. The number of halogens is 1. The van der Waals surface area contributed by atoms with Crippen molar-refractivity contribution >= 4 is 11.6 Å². The van der Waals surface area contributed by atoms with Gasteiger partial charge in [-0.05, 0) is 6.42 Å². The van der Waals surface area contributed by atoms with Gasteiger partial charge in [0.05, 0.1) is 5.50 Å². The normalized spacial score (nSPS) is 12.3. The molecule has 1 unspecified atom stereocenters. The summed E-state index contributed by atoms with van der Waals surface area (Å²) in [4.78, 5) is 0. The van der Waals surface area contributed by atoms with E-state index in [1.807, 2.05) is 0 Å². The number of hydrogen-bond acceptors (Lipinski definition) is 1. The van der Waals surface area contributed by atoms with Crippen LogP contribution in [0.5, 0.6) is 0 Å². The van der Waals surface area contributed by atoms with Crippen molar-refractivity contribution in [1.29, 1.82) is 0 Å². The third-order valence-electron chi connectivity index (χ3n) is 1.08. The summed E-state index contributed by atoms with van der Waals surface area (Å²) in [5.74, 6) is 0. The fourth-order valence-electron chi connectivity index (χ4n) is 0.589. The molecule has 1 radical (unpaired) electrons. The summed E-state index contributed by atoms with van der Waals surface area (Å²) in [7, 11) is 0. The molecule has 0 aliphatic rings. The van der Waals surface area contributed by atoms with E-state index in [1.165, 1.54) is 19.3 Å². The van der Waals surface area contributed by atoms with Gasteiger partial charge in [-0.3, -0.25) is 0 Å². The molecule has 0 heterocycles. The molecule has 0 amide bonds. The molecule has 0 aliphatic carbocycles. The molecule has 1 atom stereocenters. The Labute approximate surface area is 72.5 Å². The van der Waals surface area contributed by atoms with Crippen LogP contribution in [0.4, 0.5) is 0 Å². The largest absolute Gasteiger partial charge is 0.315 e. The van der Waals surface area contributed by atoms with Crippen molar-refractivity contribution in [1.82, 2.24) is 0 Å². The number of nitrogens with two attached hydrogens (primary N) is 1. The van der Waals surface area contributed by atoms with Crippen molar-refractivity contribution in [2.75, 3.05) is 0 Å². The van der Waals surface area contributed by atoms with Gasteiger partial charge in [0.2, 0.25) is 0 Å². The first-order valence-electron chi connectivity index (χ1n) is 3.17. The average molecular weight is 195 g/mol. The van der Waals surface area contributed by atoms with E-state index in [-0.39, 0.29) is 22.3 Å². The maximum Gasteiger partial charge on any atom is 0.0800 e.